The van der Waals surface area contributed by atoms with Crippen LogP contribution in [0.15, 0.2) is 24.3 Å². The Morgan fingerprint density at radius 3 is 2.35 bits per heavy atom. The van der Waals surface area contributed by atoms with Crippen molar-refractivity contribution in [3.63, 3.8) is 0 Å². The van der Waals surface area contributed by atoms with Crippen molar-refractivity contribution in [1.82, 2.24) is 4.90 Å². The van der Waals surface area contributed by atoms with Crippen molar-refractivity contribution < 1.29 is 9.50 Å². The van der Waals surface area contributed by atoms with Crippen LogP contribution in [0, 0.1) is 5.82 Å². The number of aliphatic hydroxyl groups is 1. The zero-order chi connectivity index (χ0) is 12.5. The summed E-state index contributed by atoms with van der Waals surface area (Å²) in [5.41, 5.74) is 0.116. The van der Waals surface area contributed by atoms with Gasteiger partial charge in [0.15, 0.2) is 0 Å². The molecule has 94 valence electrons. The summed E-state index contributed by atoms with van der Waals surface area (Å²) < 4.78 is 13.7. The molecule has 0 saturated heterocycles. The third-order valence-corrected chi connectivity index (χ3v) is 4.07. The Morgan fingerprint density at radius 2 is 1.82 bits per heavy atom. The van der Waals surface area contributed by atoms with Crippen LogP contribution in [0.1, 0.15) is 37.4 Å². The number of benzene rings is 1. The predicted molar refractivity (Wildman–Crippen MR) is 66.2 cm³/mol. The van der Waals surface area contributed by atoms with Gasteiger partial charge in [-0.25, -0.2) is 4.39 Å². The van der Waals surface area contributed by atoms with Crippen LogP contribution < -0.4 is 0 Å². The second-order valence-electron chi connectivity index (χ2n) is 5.13. The summed E-state index contributed by atoms with van der Waals surface area (Å²) >= 11 is 0. The minimum absolute atomic E-state index is 0.303. The molecule has 1 aromatic rings. The fraction of sp³-hybridized carbons (Fsp3) is 0.571. The van der Waals surface area contributed by atoms with E-state index in [1.165, 1.54) is 6.07 Å². The number of hydrogen-bond acceptors (Lipinski definition) is 2. The molecule has 17 heavy (non-hydrogen) atoms. The highest BCUT2D eigenvalue weighted by Gasteiger charge is 2.43. The number of rotatable bonds is 3. The van der Waals surface area contributed by atoms with Gasteiger partial charge in [-0.2, -0.15) is 0 Å². The maximum Gasteiger partial charge on any atom is 0.129 e. The Labute approximate surface area is 102 Å². The average molecular weight is 237 g/mol. The lowest BCUT2D eigenvalue weighted by Gasteiger charge is -2.40. The van der Waals surface area contributed by atoms with Gasteiger partial charge in [0, 0.05) is 5.56 Å². The van der Waals surface area contributed by atoms with Crippen molar-refractivity contribution in [3.05, 3.63) is 35.6 Å². The van der Waals surface area contributed by atoms with Gasteiger partial charge in [0.1, 0.15) is 11.9 Å². The molecule has 1 atom stereocenters. The van der Waals surface area contributed by atoms with Gasteiger partial charge in [-0.3, -0.25) is 0 Å². The number of hydrogen-bond donors (Lipinski definition) is 1. The van der Waals surface area contributed by atoms with Crippen molar-refractivity contribution in [2.75, 3.05) is 14.1 Å². The first-order valence-electron chi connectivity index (χ1n) is 6.18. The van der Waals surface area contributed by atoms with E-state index in [0.717, 1.165) is 25.7 Å². The molecule has 3 heteroatoms. The number of halogens is 1. The lowest BCUT2D eigenvalue weighted by atomic mass is 9.84. The van der Waals surface area contributed by atoms with Crippen molar-refractivity contribution in [2.24, 2.45) is 0 Å². The zero-order valence-electron chi connectivity index (χ0n) is 10.5. The highest BCUT2D eigenvalue weighted by molar-refractivity contribution is 5.24. The van der Waals surface area contributed by atoms with Crippen LogP contribution >= 0.6 is 0 Å². The highest BCUT2D eigenvalue weighted by atomic mass is 19.1. The second kappa shape index (κ2) is 4.75. The van der Waals surface area contributed by atoms with E-state index < -0.39 is 6.10 Å². The maximum atomic E-state index is 13.7. The average Bonchev–Trinajstić information content (AvgIpc) is 2.79. The van der Waals surface area contributed by atoms with Crippen LogP contribution in [0.3, 0.4) is 0 Å². The third-order valence-electron chi connectivity index (χ3n) is 4.07. The molecule has 0 aliphatic heterocycles. The van der Waals surface area contributed by atoms with E-state index in [1.54, 1.807) is 18.2 Å². The summed E-state index contributed by atoms with van der Waals surface area (Å²) in [6, 6.07) is 6.53. The Hall–Kier alpha value is -0.930. The van der Waals surface area contributed by atoms with Crippen LogP contribution in [-0.4, -0.2) is 29.6 Å². The van der Waals surface area contributed by atoms with Gasteiger partial charge in [-0.15, -0.1) is 0 Å². The van der Waals surface area contributed by atoms with Crippen LogP contribution in [-0.2, 0) is 0 Å². The van der Waals surface area contributed by atoms with Gasteiger partial charge in [-0.05, 0) is 33.0 Å². The molecule has 1 aromatic carbocycles. The van der Waals surface area contributed by atoms with Crippen LogP contribution in [0.2, 0.25) is 0 Å². The summed E-state index contributed by atoms with van der Waals surface area (Å²) in [7, 11) is 3.94. The summed E-state index contributed by atoms with van der Waals surface area (Å²) in [6.45, 7) is 0. The summed E-state index contributed by atoms with van der Waals surface area (Å²) in [4.78, 5) is 2.05. The first-order chi connectivity index (χ1) is 8.08. The number of nitrogens with zero attached hydrogens (tertiary/aromatic N) is 1. The van der Waals surface area contributed by atoms with Gasteiger partial charge < -0.3 is 10.0 Å². The number of aliphatic hydroxyl groups excluding tert-OH is 1. The largest absolute Gasteiger partial charge is 0.386 e. The normalized spacial score (nSPS) is 20.8. The molecule has 1 N–H and O–H groups in total. The molecule has 2 rings (SSSR count). The zero-order valence-corrected chi connectivity index (χ0v) is 10.5. The summed E-state index contributed by atoms with van der Waals surface area (Å²) in [5, 5.41) is 10.5. The Morgan fingerprint density at radius 1 is 1.24 bits per heavy atom. The van der Waals surface area contributed by atoms with Gasteiger partial charge >= 0.3 is 0 Å². The van der Waals surface area contributed by atoms with E-state index >= 15 is 0 Å². The molecule has 0 spiro atoms. The smallest absolute Gasteiger partial charge is 0.129 e. The Balaban J connectivity index is 2.35. The summed E-state index contributed by atoms with van der Waals surface area (Å²) in [6.07, 6.45) is 3.31. The van der Waals surface area contributed by atoms with Crippen molar-refractivity contribution in [3.8, 4) is 0 Å². The van der Waals surface area contributed by atoms with E-state index in [2.05, 4.69) is 4.90 Å². The number of likely N-dealkylation sites (N-methyl/N-ethyl adjacent to an activating group) is 1. The van der Waals surface area contributed by atoms with Crippen molar-refractivity contribution >= 4 is 0 Å². The topological polar surface area (TPSA) is 23.5 Å². The van der Waals surface area contributed by atoms with Gasteiger partial charge in [0.05, 0.1) is 5.54 Å². The molecular weight excluding hydrogens is 217 g/mol. The van der Waals surface area contributed by atoms with E-state index in [9.17, 15) is 9.50 Å². The molecule has 1 saturated carbocycles. The van der Waals surface area contributed by atoms with Crippen LogP contribution in [0.5, 0.6) is 0 Å². The molecule has 0 bridgehead atoms. The van der Waals surface area contributed by atoms with Gasteiger partial charge in [0.25, 0.3) is 0 Å². The minimum atomic E-state index is -0.749. The molecule has 0 radical (unpaired) electrons. The second-order valence-corrected chi connectivity index (χ2v) is 5.13. The third kappa shape index (κ3) is 2.09. The predicted octanol–water partition coefficient (Wildman–Crippen LogP) is 2.73. The first-order valence-corrected chi connectivity index (χ1v) is 6.18. The quantitative estimate of drug-likeness (QED) is 0.873. The molecule has 0 aromatic heterocycles. The van der Waals surface area contributed by atoms with E-state index in [-0.39, 0.29) is 11.4 Å². The standard InChI is InChI=1S/C14H20FNO/c1-16(2)14(9-5-6-10-14)13(17)11-7-3-4-8-12(11)15/h3-4,7-8,13,17H,5-6,9-10H2,1-2H3. The van der Waals surface area contributed by atoms with E-state index in [1.807, 2.05) is 14.1 Å². The van der Waals surface area contributed by atoms with Gasteiger partial charge in [0.2, 0.25) is 0 Å². The van der Waals surface area contributed by atoms with Crippen LogP contribution in [0.4, 0.5) is 4.39 Å². The lowest BCUT2D eigenvalue weighted by molar-refractivity contribution is -0.00672. The molecule has 1 unspecified atom stereocenters. The molecule has 1 fully saturated rings. The van der Waals surface area contributed by atoms with Crippen LogP contribution in [0.25, 0.3) is 0 Å². The fourth-order valence-electron chi connectivity index (χ4n) is 2.94. The first kappa shape index (κ1) is 12.5. The van der Waals surface area contributed by atoms with E-state index in [0.29, 0.717) is 5.56 Å². The Kier molecular flexibility index (Phi) is 3.50. The monoisotopic (exact) mass is 237 g/mol. The molecule has 0 heterocycles. The summed E-state index contributed by atoms with van der Waals surface area (Å²) in [5.74, 6) is -0.312. The lowest BCUT2D eigenvalue weighted by Crippen LogP contribution is -2.47. The van der Waals surface area contributed by atoms with E-state index in [4.69, 9.17) is 0 Å². The van der Waals surface area contributed by atoms with Gasteiger partial charge in [-0.1, -0.05) is 31.0 Å². The molecule has 1 aliphatic carbocycles. The van der Waals surface area contributed by atoms with Crippen molar-refractivity contribution in [1.29, 1.82) is 0 Å². The SMILES string of the molecule is CN(C)C1(C(O)c2ccccc2F)CCCC1. The van der Waals surface area contributed by atoms with Crippen molar-refractivity contribution in [2.45, 2.75) is 37.3 Å². The Bertz CT molecular complexity index is 386. The maximum absolute atomic E-state index is 13.7. The molecule has 2 nitrogen and oxygen atoms in total. The molecule has 0 amide bonds. The molecular formula is C14H20FNO. The molecule has 1 aliphatic rings. The highest BCUT2D eigenvalue weighted by Crippen LogP contribution is 2.43. The minimum Gasteiger partial charge on any atom is -0.386 e. The fourth-order valence-corrected chi connectivity index (χ4v) is 2.94.